The number of Topliss-reactive ketones (excluding diaryl/α,β-unsaturated/α-hetero) is 1. The molecule has 7 heteroatoms. The Morgan fingerprint density at radius 1 is 1.48 bits per heavy atom. The fourth-order valence-electron chi connectivity index (χ4n) is 2.41. The van der Waals surface area contributed by atoms with Gasteiger partial charge >= 0.3 is 0 Å². The second kappa shape index (κ2) is 6.11. The van der Waals surface area contributed by atoms with E-state index >= 15 is 0 Å². The van der Waals surface area contributed by atoms with E-state index in [1.807, 2.05) is 0 Å². The van der Waals surface area contributed by atoms with E-state index in [1.54, 1.807) is 11.9 Å². The number of sulfone groups is 1. The minimum absolute atomic E-state index is 0.0615. The van der Waals surface area contributed by atoms with Crippen LogP contribution in [0.1, 0.15) is 16.8 Å². The van der Waals surface area contributed by atoms with Gasteiger partial charge in [-0.1, -0.05) is 0 Å². The Morgan fingerprint density at radius 3 is 2.71 bits per heavy atom. The Kier molecular flexibility index (Phi) is 4.63. The van der Waals surface area contributed by atoms with Crippen LogP contribution in [0.15, 0.2) is 18.2 Å². The molecule has 21 heavy (non-hydrogen) atoms. The summed E-state index contributed by atoms with van der Waals surface area (Å²) in [6.07, 6.45) is 0.531. The number of halogens is 1. The van der Waals surface area contributed by atoms with Crippen molar-refractivity contribution >= 4 is 15.6 Å². The number of ketones is 1. The van der Waals surface area contributed by atoms with Crippen molar-refractivity contribution in [1.29, 1.82) is 0 Å². The monoisotopic (exact) mass is 315 g/mol. The predicted molar refractivity (Wildman–Crippen MR) is 77.0 cm³/mol. The number of hydrogen-bond donors (Lipinski definition) is 0. The summed E-state index contributed by atoms with van der Waals surface area (Å²) in [5, 5.41) is 0. The number of methoxy groups -OCH3 is 1. The molecule has 2 rings (SSSR count). The summed E-state index contributed by atoms with van der Waals surface area (Å²) in [4.78, 5) is 13.8. The van der Waals surface area contributed by atoms with Crippen molar-refractivity contribution < 1.29 is 22.3 Å². The number of hydrogen-bond acceptors (Lipinski definition) is 5. The molecule has 0 N–H and O–H groups in total. The van der Waals surface area contributed by atoms with Crippen molar-refractivity contribution in [3.63, 3.8) is 0 Å². The number of carbonyl (C=O) groups excluding carboxylic acids is 1. The molecule has 0 bridgehead atoms. The summed E-state index contributed by atoms with van der Waals surface area (Å²) in [7, 11) is 0.0808. The maximum Gasteiger partial charge on any atom is 0.176 e. The third-order valence-electron chi connectivity index (χ3n) is 3.70. The zero-order valence-corrected chi connectivity index (χ0v) is 12.8. The Balaban J connectivity index is 2.03. The third-order valence-corrected chi connectivity index (χ3v) is 5.45. The highest BCUT2D eigenvalue weighted by Crippen LogP contribution is 2.20. The summed E-state index contributed by atoms with van der Waals surface area (Å²) in [5.74, 6) is -0.513. The lowest BCUT2D eigenvalue weighted by atomic mass is 10.1. The SMILES string of the molecule is COc1ccc(C(=O)CN(C)C2CCS(=O)(=O)C2)cc1F. The number of carbonyl (C=O) groups is 1. The van der Waals surface area contributed by atoms with Crippen molar-refractivity contribution in [2.75, 3.05) is 32.2 Å². The van der Waals surface area contributed by atoms with Crippen LogP contribution in [0.4, 0.5) is 4.39 Å². The van der Waals surface area contributed by atoms with Crippen LogP contribution in [-0.2, 0) is 9.84 Å². The highest BCUT2D eigenvalue weighted by Gasteiger charge is 2.31. The second-order valence-corrected chi connectivity index (χ2v) is 7.47. The molecule has 1 atom stereocenters. The van der Waals surface area contributed by atoms with Crippen LogP contribution >= 0.6 is 0 Å². The number of nitrogens with zero attached hydrogens (tertiary/aromatic N) is 1. The van der Waals surface area contributed by atoms with E-state index in [0.717, 1.165) is 6.07 Å². The van der Waals surface area contributed by atoms with Gasteiger partial charge in [0.1, 0.15) is 0 Å². The van der Waals surface area contributed by atoms with Crippen LogP contribution in [-0.4, -0.2) is 57.4 Å². The lowest BCUT2D eigenvalue weighted by Crippen LogP contribution is -2.36. The maximum atomic E-state index is 13.6. The fraction of sp³-hybridized carbons (Fsp3) is 0.500. The van der Waals surface area contributed by atoms with Gasteiger partial charge in [0.25, 0.3) is 0 Å². The molecule has 1 saturated heterocycles. The van der Waals surface area contributed by atoms with Gasteiger partial charge in [-0.2, -0.15) is 0 Å². The molecule has 1 heterocycles. The van der Waals surface area contributed by atoms with Crippen molar-refractivity contribution in [2.24, 2.45) is 0 Å². The summed E-state index contributed by atoms with van der Waals surface area (Å²) in [6, 6.07) is 3.90. The molecule has 0 aromatic heterocycles. The standard InChI is InChI=1S/C14H18FNO4S/c1-16(11-5-6-21(18,19)9-11)8-13(17)10-3-4-14(20-2)12(15)7-10/h3-4,7,11H,5-6,8-9H2,1-2H3. The van der Waals surface area contributed by atoms with Gasteiger partial charge in [0, 0.05) is 11.6 Å². The van der Waals surface area contributed by atoms with E-state index in [-0.39, 0.29) is 41.2 Å². The number of rotatable bonds is 5. The zero-order valence-electron chi connectivity index (χ0n) is 12.0. The second-order valence-electron chi connectivity index (χ2n) is 5.24. The van der Waals surface area contributed by atoms with E-state index in [2.05, 4.69) is 0 Å². The lowest BCUT2D eigenvalue weighted by Gasteiger charge is -2.22. The van der Waals surface area contributed by atoms with Crippen LogP contribution in [0, 0.1) is 5.82 Å². The highest BCUT2D eigenvalue weighted by molar-refractivity contribution is 7.91. The molecular formula is C14H18FNO4S. The largest absolute Gasteiger partial charge is 0.494 e. The van der Waals surface area contributed by atoms with Gasteiger partial charge in [-0.3, -0.25) is 9.69 Å². The van der Waals surface area contributed by atoms with Gasteiger partial charge in [0.2, 0.25) is 0 Å². The van der Waals surface area contributed by atoms with Gasteiger partial charge in [0.05, 0.1) is 25.2 Å². The molecule has 1 aliphatic heterocycles. The first-order valence-electron chi connectivity index (χ1n) is 6.60. The molecule has 1 aromatic rings. The molecule has 0 amide bonds. The number of ether oxygens (including phenoxy) is 1. The van der Waals surface area contributed by atoms with Gasteiger partial charge < -0.3 is 4.74 Å². The molecular weight excluding hydrogens is 297 g/mol. The number of likely N-dealkylation sites (N-methyl/N-ethyl adjacent to an activating group) is 1. The van der Waals surface area contributed by atoms with Crippen LogP contribution in [0.5, 0.6) is 5.75 Å². The maximum absolute atomic E-state index is 13.6. The summed E-state index contributed by atoms with van der Waals surface area (Å²) >= 11 is 0. The van der Waals surface area contributed by atoms with Crippen LogP contribution in [0.25, 0.3) is 0 Å². The molecule has 1 aliphatic rings. The highest BCUT2D eigenvalue weighted by atomic mass is 32.2. The normalized spacial score (nSPS) is 20.7. The van der Waals surface area contributed by atoms with E-state index in [9.17, 15) is 17.6 Å². The molecule has 1 unspecified atom stereocenters. The Bertz CT molecular complexity index is 644. The Morgan fingerprint density at radius 2 is 2.19 bits per heavy atom. The Labute approximate surface area is 123 Å². The van der Waals surface area contributed by atoms with Crippen LogP contribution < -0.4 is 4.74 Å². The molecule has 5 nitrogen and oxygen atoms in total. The lowest BCUT2D eigenvalue weighted by molar-refractivity contribution is 0.0926. The summed E-state index contributed by atoms with van der Waals surface area (Å²) in [5.41, 5.74) is 0.251. The molecule has 0 saturated carbocycles. The molecule has 0 spiro atoms. The first-order chi connectivity index (χ1) is 9.82. The van der Waals surface area contributed by atoms with Gasteiger partial charge in [-0.15, -0.1) is 0 Å². The van der Waals surface area contributed by atoms with Crippen molar-refractivity contribution in [2.45, 2.75) is 12.5 Å². The minimum Gasteiger partial charge on any atom is -0.494 e. The van der Waals surface area contributed by atoms with E-state index in [4.69, 9.17) is 4.74 Å². The van der Waals surface area contributed by atoms with Gasteiger partial charge in [-0.25, -0.2) is 12.8 Å². The molecule has 116 valence electrons. The minimum atomic E-state index is -2.99. The first kappa shape index (κ1) is 15.9. The molecule has 1 aromatic carbocycles. The summed E-state index contributed by atoms with van der Waals surface area (Å²) < 4.78 is 41.3. The smallest absolute Gasteiger partial charge is 0.176 e. The number of benzene rings is 1. The van der Waals surface area contributed by atoms with Crippen molar-refractivity contribution in [3.05, 3.63) is 29.6 Å². The van der Waals surface area contributed by atoms with Crippen LogP contribution in [0.3, 0.4) is 0 Å². The average molecular weight is 315 g/mol. The first-order valence-corrected chi connectivity index (χ1v) is 8.42. The molecule has 0 radical (unpaired) electrons. The van der Waals surface area contributed by atoms with Crippen molar-refractivity contribution in [3.8, 4) is 5.75 Å². The van der Waals surface area contributed by atoms with Gasteiger partial charge in [-0.05, 0) is 31.7 Å². The topological polar surface area (TPSA) is 63.7 Å². The molecule has 1 fully saturated rings. The third kappa shape index (κ3) is 3.79. The quantitative estimate of drug-likeness (QED) is 0.762. The van der Waals surface area contributed by atoms with E-state index in [0.29, 0.717) is 6.42 Å². The van der Waals surface area contributed by atoms with Crippen molar-refractivity contribution in [1.82, 2.24) is 4.90 Å². The predicted octanol–water partition coefficient (Wildman–Crippen LogP) is 1.14. The zero-order chi connectivity index (χ0) is 15.6. The summed E-state index contributed by atoms with van der Waals surface area (Å²) in [6.45, 7) is 0.0615. The van der Waals surface area contributed by atoms with Gasteiger partial charge in [0.15, 0.2) is 27.2 Å². The fourth-order valence-corrected chi connectivity index (χ4v) is 4.21. The van der Waals surface area contributed by atoms with E-state index < -0.39 is 15.7 Å². The van der Waals surface area contributed by atoms with E-state index in [1.165, 1.54) is 19.2 Å². The molecule has 0 aliphatic carbocycles. The Hall–Kier alpha value is -1.47. The van der Waals surface area contributed by atoms with Crippen LogP contribution in [0.2, 0.25) is 0 Å². The average Bonchev–Trinajstić information content (AvgIpc) is 2.79.